The molecule has 0 saturated carbocycles. The number of hydrogen-bond donors (Lipinski definition) is 4. The molecule has 0 saturated heterocycles. The molecule has 9 heteroatoms. The lowest BCUT2D eigenvalue weighted by molar-refractivity contribution is -0.113. The van der Waals surface area contributed by atoms with Crippen LogP contribution in [0.2, 0.25) is 0 Å². The van der Waals surface area contributed by atoms with Crippen molar-refractivity contribution in [3.63, 3.8) is 0 Å². The van der Waals surface area contributed by atoms with E-state index in [4.69, 9.17) is 14.3 Å². The van der Waals surface area contributed by atoms with Gasteiger partial charge < -0.3 is 29.6 Å². The molecule has 4 N–H and O–H groups in total. The van der Waals surface area contributed by atoms with E-state index in [0.717, 1.165) is 126 Å². The van der Waals surface area contributed by atoms with Crippen molar-refractivity contribution < 1.29 is 38.7 Å². The summed E-state index contributed by atoms with van der Waals surface area (Å²) in [7, 11) is -4.43. The monoisotopic (exact) mass is 803 g/mol. The van der Waals surface area contributed by atoms with Gasteiger partial charge >= 0.3 is 7.82 Å². The highest BCUT2D eigenvalue weighted by atomic mass is 31.2. The number of carbonyl (C=O) groups is 2. The summed E-state index contributed by atoms with van der Waals surface area (Å²) in [6.45, 7) is 14.2. The molecule has 0 aliphatic heterocycles. The lowest BCUT2D eigenvalue weighted by Crippen LogP contribution is -2.23. The Balaban J connectivity index is 0.000000586. The molecule has 0 aliphatic rings. The Hall–Kier alpha value is -2.19. The lowest BCUT2D eigenvalue weighted by Gasteiger charge is -2.25. The maximum atomic E-state index is 11.7. The Bertz CT molecular complexity index is 1290. The van der Waals surface area contributed by atoms with E-state index in [9.17, 15) is 24.4 Å². The van der Waals surface area contributed by atoms with E-state index in [0.29, 0.717) is 11.8 Å². The highest BCUT2D eigenvalue weighted by Gasteiger charge is 2.29. The van der Waals surface area contributed by atoms with Gasteiger partial charge in [-0.3, -0.25) is 4.52 Å². The Morgan fingerprint density at radius 2 is 0.839 bits per heavy atom. The van der Waals surface area contributed by atoms with Gasteiger partial charge in [-0.1, -0.05) is 158 Å². The van der Waals surface area contributed by atoms with Gasteiger partial charge in [-0.2, -0.15) is 0 Å². The number of carbonyl (C=O) groups excluding carboxylic acids is 2. The van der Waals surface area contributed by atoms with E-state index in [1.807, 2.05) is 74.5 Å². The van der Waals surface area contributed by atoms with Gasteiger partial charge in [0.1, 0.15) is 12.6 Å². The highest BCUT2D eigenvalue weighted by molar-refractivity contribution is 7.46. The zero-order valence-corrected chi connectivity index (χ0v) is 37.0. The molecule has 0 spiro atoms. The summed E-state index contributed by atoms with van der Waals surface area (Å²) in [4.78, 5) is 41.0. The predicted octanol–water partition coefficient (Wildman–Crippen LogP) is 11.7. The number of phosphoric ester groups is 1. The Labute approximate surface area is 340 Å². The number of aliphatic hydroxyl groups excluding tert-OH is 2. The fraction of sp³-hybridized carbons (Fsp3) is 0.702. The molecule has 0 aromatic heterocycles. The molecule has 2 aromatic rings. The molecule has 0 fully saturated rings. The summed E-state index contributed by atoms with van der Waals surface area (Å²) in [6.07, 6.45) is 20.7. The van der Waals surface area contributed by atoms with Crippen LogP contribution in [-0.2, 0) is 29.5 Å². The minimum absolute atomic E-state index is 0.223. The van der Waals surface area contributed by atoms with Crippen molar-refractivity contribution in [1.29, 1.82) is 0 Å². The second-order valence-electron chi connectivity index (χ2n) is 18.4. The highest BCUT2D eigenvalue weighted by Crippen LogP contribution is 2.43. The fourth-order valence-electron chi connectivity index (χ4n) is 7.25. The summed E-state index contributed by atoms with van der Waals surface area (Å²) in [5, 5.41) is 20.3. The second-order valence-corrected chi connectivity index (χ2v) is 19.6. The molecule has 0 radical (unpaired) electrons. The SMILES string of the molecule is CC(C)(C)CCCCCC(O)CCCCCC(C)(C)OP(=O)(O)O.CC(C=O)(CCCCCC(O)CCCCCC(C)(C=O)c1ccccc1)c1ccccc1. The minimum Gasteiger partial charge on any atom is -0.393 e. The van der Waals surface area contributed by atoms with Gasteiger partial charge in [-0.05, 0) is 95.6 Å². The van der Waals surface area contributed by atoms with Crippen LogP contribution in [0.25, 0.3) is 0 Å². The van der Waals surface area contributed by atoms with Crippen molar-refractivity contribution in [2.75, 3.05) is 0 Å². The summed E-state index contributed by atoms with van der Waals surface area (Å²) in [6, 6.07) is 20.0. The third-order valence-electron chi connectivity index (χ3n) is 11.0. The second kappa shape index (κ2) is 26.7. The molecule has 2 rings (SSSR count). The molecule has 2 aromatic carbocycles. The molecule has 0 aliphatic carbocycles. The first-order chi connectivity index (χ1) is 26.2. The van der Waals surface area contributed by atoms with Crippen molar-refractivity contribution in [3.8, 4) is 0 Å². The van der Waals surface area contributed by atoms with Crippen LogP contribution in [0.15, 0.2) is 60.7 Å². The first-order valence-electron chi connectivity index (χ1n) is 21.4. The quantitative estimate of drug-likeness (QED) is 0.0362. The van der Waals surface area contributed by atoms with Crippen LogP contribution >= 0.6 is 7.82 Å². The van der Waals surface area contributed by atoms with Crippen LogP contribution in [0.3, 0.4) is 0 Å². The molecule has 3 unspecified atom stereocenters. The molecule has 56 heavy (non-hydrogen) atoms. The van der Waals surface area contributed by atoms with Crippen LogP contribution in [0.1, 0.15) is 188 Å². The molecular weight excluding hydrogens is 723 g/mol. The van der Waals surface area contributed by atoms with Gasteiger partial charge in [0.15, 0.2) is 0 Å². The molecule has 8 nitrogen and oxygen atoms in total. The van der Waals surface area contributed by atoms with Gasteiger partial charge in [-0.25, -0.2) is 4.57 Å². The average molecular weight is 803 g/mol. The van der Waals surface area contributed by atoms with Crippen molar-refractivity contribution >= 4 is 20.4 Å². The van der Waals surface area contributed by atoms with Crippen LogP contribution in [0.4, 0.5) is 0 Å². The Morgan fingerprint density at radius 1 is 0.518 bits per heavy atom. The maximum Gasteiger partial charge on any atom is 0.470 e. The zero-order valence-electron chi connectivity index (χ0n) is 36.1. The summed E-state index contributed by atoms with van der Waals surface area (Å²) in [5.41, 5.74) is 0.896. The fourth-order valence-corrected chi connectivity index (χ4v) is 7.99. The predicted molar refractivity (Wildman–Crippen MR) is 231 cm³/mol. The number of benzene rings is 2. The molecule has 320 valence electrons. The lowest BCUT2D eigenvalue weighted by atomic mass is 9.79. The number of aldehydes is 2. The van der Waals surface area contributed by atoms with Crippen molar-refractivity contribution in [3.05, 3.63) is 71.8 Å². The van der Waals surface area contributed by atoms with Gasteiger partial charge in [0.25, 0.3) is 0 Å². The maximum absolute atomic E-state index is 11.7. The first kappa shape index (κ1) is 51.8. The van der Waals surface area contributed by atoms with E-state index in [-0.39, 0.29) is 12.2 Å². The van der Waals surface area contributed by atoms with Crippen LogP contribution < -0.4 is 0 Å². The number of unbranched alkanes of at least 4 members (excludes halogenated alkanes) is 8. The van der Waals surface area contributed by atoms with E-state index in [1.54, 1.807) is 13.8 Å². The molecule has 3 atom stereocenters. The number of hydrogen-bond acceptors (Lipinski definition) is 6. The van der Waals surface area contributed by atoms with Gasteiger partial charge in [0.2, 0.25) is 0 Å². The van der Waals surface area contributed by atoms with Gasteiger partial charge in [0, 0.05) is 10.8 Å². The van der Waals surface area contributed by atoms with E-state index in [2.05, 4.69) is 20.8 Å². The number of aliphatic hydroxyl groups is 2. The summed E-state index contributed by atoms with van der Waals surface area (Å²) < 4.78 is 15.6. The number of rotatable bonds is 29. The van der Waals surface area contributed by atoms with Crippen LogP contribution in [0, 0.1) is 5.41 Å². The topological polar surface area (TPSA) is 141 Å². The van der Waals surface area contributed by atoms with E-state index >= 15 is 0 Å². The molecular formula is C47H79O8P. The average Bonchev–Trinajstić information content (AvgIpc) is 3.13. The largest absolute Gasteiger partial charge is 0.470 e. The van der Waals surface area contributed by atoms with E-state index < -0.39 is 24.3 Å². The van der Waals surface area contributed by atoms with Gasteiger partial charge in [-0.15, -0.1) is 0 Å². The summed E-state index contributed by atoms with van der Waals surface area (Å²) >= 11 is 0. The van der Waals surface area contributed by atoms with Crippen LogP contribution in [0.5, 0.6) is 0 Å². The van der Waals surface area contributed by atoms with E-state index in [1.165, 1.54) is 19.3 Å². The minimum atomic E-state index is -4.43. The summed E-state index contributed by atoms with van der Waals surface area (Å²) in [5.74, 6) is 0. The first-order valence-corrected chi connectivity index (χ1v) is 22.9. The van der Waals surface area contributed by atoms with Crippen molar-refractivity contribution in [2.45, 2.75) is 206 Å². The standard InChI is InChI=1S/C29H40O3.C18H39O5P/c1-28(23-30,25-15-7-3-8-16-25)21-13-5-11-19-27(32)20-12-6-14-22-29(2,24-31)26-17-9-4-10-18-26;1-17(2,3)14-10-6-8-12-16(19)13-9-7-11-15-18(4,5)23-24(20,21)22/h3-4,7-10,15-18,23-24,27,32H,5-6,11-14,19-22H2,1-2H3;16,19H,6-15H2,1-5H3,(H2,20,21,22). The zero-order chi connectivity index (χ0) is 42.1. The third-order valence-corrected chi connectivity index (χ3v) is 11.7. The smallest absolute Gasteiger partial charge is 0.393 e. The molecule has 0 heterocycles. The van der Waals surface area contributed by atoms with Crippen molar-refractivity contribution in [1.82, 2.24) is 0 Å². The Kier molecular flexibility index (Phi) is 24.7. The number of phosphoric acid groups is 1. The van der Waals surface area contributed by atoms with Crippen LogP contribution in [-0.4, -0.2) is 50.4 Å². The van der Waals surface area contributed by atoms with Crippen molar-refractivity contribution in [2.24, 2.45) is 5.41 Å². The normalized spacial score (nSPS) is 15.5. The third kappa shape index (κ3) is 24.6. The molecule has 0 amide bonds. The molecule has 0 bridgehead atoms. The van der Waals surface area contributed by atoms with Gasteiger partial charge in [0.05, 0.1) is 17.8 Å². The Morgan fingerprint density at radius 3 is 1.14 bits per heavy atom.